The maximum atomic E-state index is 13.9. The number of aromatic nitrogens is 1. The summed E-state index contributed by atoms with van der Waals surface area (Å²) in [6.07, 6.45) is 0.648. The average molecular weight is 424 g/mol. The largest absolute Gasteiger partial charge is 0.444 e. The fourth-order valence-corrected chi connectivity index (χ4v) is 3.90. The third-order valence-corrected chi connectivity index (χ3v) is 5.18. The minimum absolute atomic E-state index is 0.212. The van der Waals surface area contributed by atoms with Crippen molar-refractivity contribution < 1.29 is 13.9 Å². The summed E-state index contributed by atoms with van der Waals surface area (Å²) in [7, 11) is 0. The molecule has 0 radical (unpaired) electrons. The van der Waals surface area contributed by atoms with Gasteiger partial charge in [0, 0.05) is 28.5 Å². The van der Waals surface area contributed by atoms with Crippen LogP contribution in [-0.4, -0.2) is 22.5 Å². The van der Waals surface area contributed by atoms with Gasteiger partial charge in [0.05, 0.1) is 11.2 Å². The molecule has 1 aromatic heterocycles. The van der Waals surface area contributed by atoms with Crippen molar-refractivity contribution in [2.45, 2.75) is 60.0 Å². The van der Waals surface area contributed by atoms with E-state index in [2.05, 4.69) is 23.7 Å². The topological polar surface area (TPSA) is 67.1 Å². The molecule has 1 heterocycles. The van der Waals surface area contributed by atoms with Gasteiger partial charge >= 0.3 is 6.09 Å². The fourth-order valence-electron chi connectivity index (χ4n) is 3.90. The van der Waals surface area contributed by atoms with Crippen molar-refractivity contribution in [1.29, 1.82) is 5.41 Å². The molecular weight excluding hydrogens is 393 g/mol. The van der Waals surface area contributed by atoms with Gasteiger partial charge in [-0.15, -0.1) is 0 Å². The van der Waals surface area contributed by atoms with Crippen molar-refractivity contribution in [3.8, 4) is 5.69 Å². The van der Waals surface area contributed by atoms with E-state index in [1.54, 1.807) is 33.8 Å². The Morgan fingerprint density at radius 1 is 1.19 bits per heavy atom. The van der Waals surface area contributed by atoms with Crippen LogP contribution in [0.25, 0.3) is 16.6 Å². The summed E-state index contributed by atoms with van der Waals surface area (Å²) < 4.78 is 21.4. The number of carbonyl (C=O) groups excluding carboxylic acids is 1. The van der Waals surface area contributed by atoms with E-state index < -0.39 is 11.7 Å². The summed E-state index contributed by atoms with van der Waals surface area (Å²) in [5.41, 5.74) is 4.98. The van der Waals surface area contributed by atoms with Gasteiger partial charge in [-0.1, -0.05) is 13.8 Å². The normalized spacial score (nSPS) is 11.8. The molecule has 2 aromatic carbocycles. The van der Waals surface area contributed by atoms with E-state index in [0.29, 0.717) is 16.8 Å². The van der Waals surface area contributed by atoms with Crippen molar-refractivity contribution in [3.05, 3.63) is 58.5 Å². The first-order valence-corrected chi connectivity index (χ1v) is 10.4. The number of ether oxygens (including phenoxy) is 1. The summed E-state index contributed by atoms with van der Waals surface area (Å²) in [6, 6.07) is 8.84. The number of aryl methyl sites for hydroxylation is 2. The van der Waals surface area contributed by atoms with Crippen LogP contribution in [-0.2, 0) is 4.74 Å². The predicted octanol–water partition coefficient (Wildman–Crippen LogP) is 6.85. The number of anilines is 1. The number of hydrogen-bond acceptors (Lipinski definition) is 3. The standard InChI is InChI=1S/C25H30FN3O2/c1-14(2)23-16(4)19-12-21(28-24(30)31-25(5,6)7)17(13-27)11-22(19)29(23)18-8-9-20(26)15(3)10-18/h8-14,27H,1-7H3,(H,28,30). The Labute approximate surface area is 182 Å². The highest BCUT2D eigenvalue weighted by molar-refractivity contribution is 6.01. The predicted molar refractivity (Wildman–Crippen MR) is 125 cm³/mol. The van der Waals surface area contributed by atoms with E-state index in [1.165, 1.54) is 12.3 Å². The van der Waals surface area contributed by atoms with E-state index in [4.69, 9.17) is 10.1 Å². The summed E-state index contributed by atoms with van der Waals surface area (Å²) in [5, 5.41) is 11.6. The highest BCUT2D eigenvalue weighted by Gasteiger charge is 2.22. The number of nitrogens with one attached hydrogen (secondary N) is 2. The molecule has 31 heavy (non-hydrogen) atoms. The van der Waals surface area contributed by atoms with Crippen LogP contribution in [0.4, 0.5) is 14.9 Å². The molecule has 3 rings (SSSR count). The lowest BCUT2D eigenvalue weighted by atomic mass is 10.0. The van der Waals surface area contributed by atoms with Crippen molar-refractivity contribution >= 4 is 28.9 Å². The zero-order chi connectivity index (χ0) is 23.1. The van der Waals surface area contributed by atoms with Gasteiger partial charge in [-0.3, -0.25) is 5.32 Å². The van der Waals surface area contributed by atoms with Gasteiger partial charge in [0.2, 0.25) is 0 Å². The molecule has 0 aliphatic heterocycles. The van der Waals surface area contributed by atoms with Gasteiger partial charge < -0.3 is 14.7 Å². The maximum absolute atomic E-state index is 13.9. The number of halogens is 1. The third-order valence-electron chi connectivity index (χ3n) is 5.18. The van der Waals surface area contributed by atoms with Gasteiger partial charge in [0.1, 0.15) is 11.4 Å². The number of nitrogens with zero attached hydrogens (tertiary/aromatic N) is 1. The lowest BCUT2D eigenvalue weighted by Gasteiger charge is -2.20. The Hall–Kier alpha value is -3.15. The van der Waals surface area contributed by atoms with E-state index >= 15 is 0 Å². The number of benzene rings is 2. The smallest absolute Gasteiger partial charge is 0.412 e. The Morgan fingerprint density at radius 2 is 1.87 bits per heavy atom. The molecule has 0 aliphatic carbocycles. The van der Waals surface area contributed by atoms with Crippen molar-refractivity contribution in [2.75, 3.05) is 5.32 Å². The Morgan fingerprint density at radius 3 is 2.42 bits per heavy atom. The number of hydrogen-bond donors (Lipinski definition) is 2. The Balaban J connectivity index is 2.24. The lowest BCUT2D eigenvalue weighted by Crippen LogP contribution is -2.27. The minimum Gasteiger partial charge on any atom is -0.444 e. The van der Waals surface area contributed by atoms with Crippen LogP contribution in [0.1, 0.15) is 62.9 Å². The molecule has 2 N–H and O–H groups in total. The Bertz CT molecular complexity index is 1170. The van der Waals surface area contributed by atoms with Gasteiger partial charge in [-0.05, 0) is 82.0 Å². The molecule has 1 amide bonds. The molecule has 164 valence electrons. The second-order valence-electron chi connectivity index (χ2n) is 9.16. The van der Waals surface area contributed by atoms with E-state index in [1.807, 2.05) is 25.1 Å². The second kappa shape index (κ2) is 8.17. The molecule has 6 heteroatoms. The molecule has 5 nitrogen and oxygen atoms in total. The van der Waals surface area contributed by atoms with Crippen LogP contribution in [0.3, 0.4) is 0 Å². The van der Waals surface area contributed by atoms with E-state index in [-0.39, 0.29) is 11.7 Å². The number of amides is 1. The van der Waals surface area contributed by atoms with Gasteiger partial charge in [0.15, 0.2) is 0 Å². The molecular formula is C25H30FN3O2. The first kappa shape index (κ1) is 22.5. The summed E-state index contributed by atoms with van der Waals surface area (Å²) in [4.78, 5) is 12.3. The van der Waals surface area contributed by atoms with Gasteiger partial charge in [-0.2, -0.15) is 0 Å². The molecule has 0 spiro atoms. The first-order valence-electron chi connectivity index (χ1n) is 10.4. The zero-order valence-electron chi connectivity index (χ0n) is 19.2. The van der Waals surface area contributed by atoms with Crippen LogP contribution in [0, 0.1) is 25.1 Å². The van der Waals surface area contributed by atoms with Crippen molar-refractivity contribution in [2.24, 2.45) is 0 Å². The van der Waals surface area contributed by atoms with Crippen molar-refractivity contribution in [3.63, 3.8) is 0 Å². The molecule has 3 aromatic rings. The van der Waals surface area contributed by atoms with Crippen LogP contribution >= 0.6 is 0 Å². The lowest BCUT2D eigenvalue weighted by molar-refractivity contribution is 0.0636. The Kier molecular flexibility index (Phi) is 5.94. The molecule has 0 unspecified atom stereocenters. The number of fused-ring (bicyclic) bond motifs is 1. The van der Waals surface area contributed by atoms with E-state index in [9.17, 15) is 9.18 Å². The van der Waals surface area contributed by atoms with Crippen molar-refractivity contribution in [1.82, 2.24) is 4.57 Å². The monoisotopic (exact) mass is 423 g/mol. The molecule has 0 aliphatic rings. The van der Waals surface area contributed by atoms with Crippen LogP contribution < -0.4 is 5.32 Å². The molecule has 0 fully saturated rings. The summed E-state index contributed by atoms with van der Waals surface area (Å²) in [5.74, 6) is -0.0319. The summed E-state index contributed by atoms with van der Waals surface area (Å²) >= 11 is 0. The number of carbonyl (C=O) groups is 1. The molecule has 0 saturated carbocycles. The quantitative estimate of drug-likeness (QED) is 0.450. The average Bonchev–Trinajstić information content (AvgIpc) is 2.94. The molecule has 0 saturated heterocycles. The van der Waals surface area contributed by atoms with E-state index in [0.717, 1.165) is 27.8 Å². The SMILES string of the molecule is Cc1cc(-n2c(C(C)C)c(C)c3cc(NC(=O)OC(C)(C)C)c(C=N)cc32)ccc1F. The zero-order valence-corrected chi connectivity index (χ0v) is 19.2. The van der Waals surface area contributed by atoms with Gasteiger partial charge in [-0.25, -0.2) is 9.18 Å². The molecule has 0 atom stereocenters. The first-order chi connectivity index (χ1) is 14.4. The highest BCUT2D eigenvalue weighted by atomic mass is 19.1. The fraction of sp³-hybridized carbons (Fsp3) is 0.360. The highest BCUT2D eigenvalue weighted by Crippen LogP contribution is 2.36. The van der Waals surface area contributed by atoms with Crippen LogP contribution in [0.2, 0.25) is 0 Å². The van der Waals surface area contributed by atoms with Crippen LogP contribution in [0.15, 0.2) is 30.3 Å². The number of rotatable bonds is 4. The van der Waals surface area contributed by atoms with Crippen LogP contribution in [0.5, 0.6) is 0 Å². The molecule has 0 bridgehead atoms. The third kappa shape index (κ3) is 4.48. The van der Waals surface area contributed by atoms with Gasteiger partial charge in [0.25, 0.3) is 0 Å². The minimum atomic E-state index is -0.622. The second-order valence-corrected chi connectivity index (χ2v) is 9.16. The summed E-state index contributed by atoms with van der Waals surface area (Å²) in [6.45, 7) is 13.4. The maximum Gasteiger partial charge on any atom is 0.412 e.